The maximum Gasteiger partial charge on any atom is 0.131 e. The first-order valence-electron chi connectivity index (χ1n) is 6.38. The molecular weight excluding hydrogens is 334 g/mol. The van der Waals surface area contributed by atoms with Crippen molar-refractivity contribution >= 4 is 38.0 Å². The summed E-state index contributed by atoms with van der Waals surface area (Å²) in [4.78, 5) is 4.43. The molecule has 2 aromatic carbocycles. The minimum absolute atomic E-state index is 0.517. The number of aromatic nitrogens is 1. The van der Waals surface area contributed by atoms with Gasteiger partial charge in [0.25, 0.3) is 0 Å². The zero-order chi connectivity index (χ0) is 13.9. The number of rotatable bonds is 4. The highest BCUT2D eigenvalue weighted by Gasteiger charge is 2.08. The Morgan fingerprint density at radius 2 is 2.05 bits per heavy atom. The molecule has 1 aromatic heterocycles. The fourth-order valence-electron chi connectivity index (χ4n) is 2.22. The second kappa shape index (κ2) is 5.94. The molecule has 0 radical (unpaired) electrons. The fraction of sp³-hybridized carbons (Fsp3) is 0.188. The van der Waals surface area contributed by atoms with Crippen molar-refractivity contribution in [2.45, 2.75) is 18.9 Å². The van der Waals surface area contributed by atoms with Crippen molar-refractivity contribution in [1.82, 2.24) is 4.98 Å². The molecular formula is C16H14BrNOS. The first-order chi connectivity index (χ1) is 9.78. The van der Waals surface area contributed by atoms with Crippen molar-refractivity contribution < 1.29 is 4.74 Å². The number of halogens is 1. The van der Waals surface area contributed by atoms with Crippen LogP contribution >= 0.6 is 27.3 Å². The third kappa shape index (κ3) is 2.72. The molecule has 0 saturated carbocycles. The average Bonchev–Trinajstić information content (AvgIpc) is 2.90. The number of thiazole rings is 1. The van der Waals surface area contributed by atoms with Crippen molar-refractivity contribution in [3.63, 3.8) is 0 Å². The fourth-order valence-corrected chi connectivity index (χ4v) is 3.39. The largest absolute Gasteiger partial charge is 0.487 e. The predicted octanol–water partition coefficient (Wildman–Crippen LogP) is 5.08. The first kappa shape index (κ1) is 13.6. The van der Waals surface area contributed by atoms with Crippen LogP contribution in [0, 0.1) is 6.92 Å². The van der Waals surface area contributed by atoms with E-state index in [0.717, 1.165) is 21.8 Å². The van der Waals surface area contributed by atoms with Gasteiger partial charge in [-0.05, 0) is 23.8 Å². The molecule has 102 valence electrons. The molecule has 1 heterocycles. The number of nitrogens with zero attached hydrogens (tertiary/aromatic N) is 1. The lowest BCUT2D eigenvalue weighted by atomic mass is 10.0. The van der Waals surface area contributed by atoms with Gasteiger partial charge in [0.05, 0.1) is 10.7 Å². The molecule has 0 aliphatic rings. The summed E-state index contributed by atoms with van der Waals surface area (Å²) in [6, 6.07) is 12.5. The molecule has 0 bridgehead atoms. The van der Waals surface area contributed by atoms with Crippen LogP contribution in [0.5, 0.6) is 5.75 Å². The van der Waals surface area contributed by atoms with E-state index in [1.54, 1.807) is 11.3 Å². The topological polar surface area (TPSA) is 22.1 Å². The zero-order valence-corrected chi connectivity index (χ0v) is 13.5. The van der Waals surface area contributed by atoms with Gasteiger partial charge < -0.3 is 4.74 Å². The Balaban J connectivity index is 1.91. The summed E-state index contributed by atoms with van der Waals surface area (Å²) in [6.45, 7) is 2.52. The summed E-state index contributed by atoms with van der Waals surface area (Å²) in [5.74, 6) is 0.922. The number of aryl methyl sites for hydroxylation is 1. The molecule has 0 N–H and O–H groups in total. The molecule has 20 heavy (non-hydrogen) atoms. The van der Waals surface area contributed by atoms with Gasteiger partial charge in [-0.15, -0.1) is 11.3 Å². The van der Waals surface area contributed by atoms with E-state index in [4.69, 9.17) is 4.74 Å². The molecule has 0 aliphatic heterocycles. The maximum atomic E-state index is 5.95. The summed E-state index contributed by atoms with van der Waals surface area (Å²) in [5.41, 5.74) is 2.18. The van der Waals surface area contributed by atoms with E-state index in [-0.39, 0.29) is 0 Å². The zero-order valence-electron chi connectivity index (χ0n) is 11.1. The Kier molecular flexibility index (Phi) is 4.03. The third-order valence-corrected chi connectivity index (χ3v) is 4.56. The molecule has 0 atom stereocenters. The summed E-state index contributed by atoms with van der Waals surface area (Å²) in [5, 5.41) is 6.36. The van der Waals surface area contributed by atoms with Crippen molar-refractivity contribution in [3.05, 3.63) is 58.0 Å². The van der Waals surface area contributed by atoms with Crippen LogP contribution < -0.4 is 4.74 Å². The highest BCUT2D eigenvalue weighted by atomic mass is 79.9. The van der Waals surface area contributed by atoms with E-state index in [2.05, 4.69) is 51.2 Å². The van der Waals surface area contributed by atoms with E-state index in [1.165, 1.54) is 16.3 Å². The van der Waals surface area contributed by atoms with Crippen LogP contribution in [-0.4, -0.2) is 4.98 Å². The minimum Gasteiger partial charge on any atom is -0.487 e. The van der Waals surface area contributed by atoms with Crippen LogP contribution in [0.1, 0.15) is 16.3 Å². The summed E-state index contributed by atoms with van der Waals surface area (Å²) < 4.78 is 5.95. The number of ether oxygens (including phenoxy) is 1. The monoisotopic (exact) mass is 347 g/mol. The summed E-state index contributed by atoms with van der Waals surface area (Å²) >= 11 is 5.22. The lowest BCUT2D eigenvalue weighted by molar-refractivity contribution is 0.300. The predicted molar refractivity (Wildman–Crippen MR) is 87.8 cm³/mol. The van der Waals surface area contributed by atoms with Gasteiger partial charge in [-0.1, -0.05) is 46.3 Å². The Morgan fingerprint density at radius 1 is 1.20 bits per heavy atom. The van der Waals surface area contributed by atoms with Crippen LogP contribution in [-0.2, 0) is 11.9 Å². The normalized spacial score (nSPS) is 10.9. The van der Waals surface area contributed by atoms with Crippen LogP contribution in [0.4, 0.5) is 0 Å². The van der Waals surface area contributed by atoms with Gasteiger partial charge >= 0.3 is 0 Å². The molecule has 3 rings (SSSR count). The van der Waals surface area contributed by atoms with Crippen molar-refractivity contribution in [1.29, 1.82) is 0 Å². The van der Waals surface area contributed by atoms with Gasteiger partial charge in [-0.3, -0.25) is 0 Å². The second-order valence-electron chi connectivity index (χ2n) is 4.54. The van der Waals surface area contributed by atoms with E-state index in [0.29, 0.717) is 6.61 Å². The number of fused-ring (bicyclic) bond motifs is 1. The van der Waals surface area contributed by atoms with Gasteiger partial charge in [0, 0.05) is 16.3 Å². The molecule has 0 fully saturated rings. The maximum absolute atomic E-state index is 5.95. The van der Waals surface area contributed by atoms with E-state index < -0.39 is 0 Å². The average molecular weight is 348 g/mol. The van der Waals surface area contributed by atoms with Gasteiger partial charge in [-0.2, -0.15) is 0 Å². The van der Waals surface area contributed by atoms with E-state index in [1.807, 2.05) is 18.4 Å². The number of alkyl halides is 1. The second-order valence-corrected chi connectivity index (χ2v) is 6.17. The summed E-state index contributed by atoms with van der Waals surface area (Å²) in [6.07, 6.45) is 0. The smallest absolute Gasteiger partial charge is 0.131 e. The lowest BCUT2D eigenvalue weighted by Crippen LogP contribution is -1.98. The molecule has 3 aromatic rings. The van der Waals surface area contributed by atoms with E-state index in [9.17, 15) is 0 Å². The number of hydrogen-bond acceptors (Lipinski definition) is 3. The standard InChI is InChI=1S/C16H14BrNOS/c1-11-18-13(10-20-11)9-19-16-7-6-12-4-2-3-5-14(12)15(16)8-17/h2-7,10H,8-9H2,1H3. The molecule has 0 saturated heterocycles. The molecule has 2 nitrogen and oxygen atoms in total. The van der Waals surface area contributed by atoms with Gasteiger partial charge in [0.2, 0.25) is 0 Å². The van der Waals surface area contributed by atoms with Gasteiger partial charge in [0.1, 0.15) is 12.4 Å². The summed E-state index contributed by atoms with van der Waals surface area (Å²) in [7, 11) is 0. The quantitative estimate of drug-likeness (QED) is 0.614. The molecule has 0 unspecified atom stereocenters. The highest BCUT2D eigenvalue weighted by Crippen LogP contribution is 2.30. The number of hydrogen-bond donors (Lipinski definition) is 0. The van der Waals surface area contributed by atoms with Crippen LogP contribution in [0.25, 0.3) is 10.8 Å². The number of benzene rings is 2. The van der Waals surface area contributed by atoms with Crippen LogP contribution in [0.3, 0.4) is 0 Å². The van der Waals surface area contributed by atoms with Crippen molar-refractivity contribution in [3.8, 4) is 5.75 Å². The molecule has 0 aliphatic carbocycles. The first-order valence-corrected chi connectivity index (χ1v) is 8.38. The molecule has 0 amide bonds. The van der Waals surface area contributed by atoms with Gasteiger partial charge in [0.15, 0.2) is 0 Å². The highest BCUT2D eigenvalue weighted by molar-refractivity contribution is 9.08. The molecule has 4 heteroatoms. The Bertz CT molecular complexity index is 738. The van der Waals surface area contributed by atoms with E-state index >= 15 is 0 Å². The Labute approximate surface area is 130 Å². The Morgan fingerprint density at radius 3 is 2.80 bits per heavy atom. The SMILES string of the molecule is Cc1nc(COc2ccc3ccccc3c2CBr)cs1. The van der Waals surface area contributed by atoms with Crippen LogP contribution in [0.15, 0.2) is 41.8 Å². The Hall–Kier alpha value is -1.39. The van der Waals surface area contributed by atoms with Crippen LogP contribution in [0.2, 0.25) is 0 Å². The van der Waals surface area contributed by atoms with Crippen molar-refractivity contribution in [2.75, 3.05) is 0 Å². The van der Waals surface area contributed by atoms with Gasteiger partial charge in [-0.25, -0.2) is 4.98 Å². The third-order valence-electron chi connectivity index (χ3n) is 3.17. The van der Waals surface area contributed by atoms with Crippen molar-refractivity contribution in [2.24, 2.45) is 0 Å². The molecule has 0 spiro atoms. The lowest BCUT2D eigenvalue weighted by Gasteiger charge is -2.12. The minimum atomic E-state index is 0.517.